The molecule has 1 rings (SSSR count). The average molecular weight is 420 g/mol. The van der Waals surface area contributed by atoms with Crippen LogP contribution in [0.2, 0.25) is 0 Å². The number of alkyl halides is 12. The molecule has 0 aliphatic carbocycles. The van der Waals surface area contributed by atoms with Crippen molar-refractivity contribution < 1.29 is 52.7 Å². The van der Waals surface area contributed by atoms with Gasteiger partial charge in [-0.15, -0.1) is 0 Å². The maximum absolute atomic E-state index is 13.2. The van der Waals surface area contributed by atoms with Gasteiger partial charge in [-0.3, -0.25) is 0 Å². The highest BCUT2D eigenvalue weighted by atomic mass is 19.4. The molecule has 0 heterocycles. The van der Waals surface area contributed by atoms with Gasteiger partial charge in [0.15, 0.2) is 5.41 Å². The highest BCUT2D eigenvalue weighted by molar-refractivity contribution is 5.36. The molecule has 1 atom stereocenters. The van der Waals surface area contributed by atoms with E-state index in [-0.39, 0.29) is 38.1 Å². The summed E-state index contributed by atoms with van der Waals surface area (Å²) >= 11 is 0. The molecule has 0 aliphatic rings. The molecule has 0 saturated heterocycles. The number of benzene rings is 1. The minimum Gasteiger partial charge on any atom is -0.171 e. The number of hydrogen-bond donors (Lipinski definition) is 0. The highest BCUT2D eigenvalue weighted by Crippen LogP contribution is 2.53. The Morgan fingerprint density at radius 2 is 0.889 bits per heavy atom. The third-order valence-corrected chi connectivity index (χ3v) is 4.41. The van der Waals surface area contributed by atoms with Crippen LogP contribution in [0.5, 0.6) is 0 Å². The molecule has 1 aromatic carbocycles. The lowest BCUT2D eigenvalue weighted by Gasteiger charge is -2.36. The van der Waals surface area contributed by atoms with Crippen LogP contribution in [0.1, 0.15) is 31.4 Å². The first-order chi connectivity index (χ1) is 11.7. The van der Waals surface area contributed by atoms with E-state index in [1.165, 1.54) is 0 Å². The Kier molecular flexibility index (Phi) is 5.61. The summed E-state index contributed by atoms with van der Waals surface area (Å²) in [6, 6.07) is 0.613. The monoisotopic (exact) mass is 420 g/mol. The quantitative estimate of drug-likeness (QED) is 0.470. The summed E-state index contributed by atoms with van der Waals surface area (Å²) in [5.41, 5.74) is -10.5. The smallest absolute Gasteiger partial charge is 0.171 e. The van der Waals surface area contributed by atoms with Gasteiger partial charge in [-0.2, -0.15) is 52.7 Å². The van der Waals surface area contributed by atoms with E-state index in [0.29, 0.717) is 0 Å². The summed E-state index contributed by atoms with van der Waals surface area (Å²) in [5.74, 6) is 0. The fourth-order valence-electron chi connectivity index (χ4n) is 2.43. The molecule has 0 fully saturated rings. The van der Waals surface area contributed by atoms with Gasteiger partial charge in [0, 0.05) is 0 Å². The molecule has 0 aliphatic heterocycles. The third-order valence-electron chi connectivity index (χ3n) is 4.41. The van der Waals surface area contributed by atoms with Crippen LogP contribution in [0, 0.1) is 0 Å². The molecular formula is C15H12F12. The zero-order valence-electron chi connectivity index (χ0n) is 13.6. The highest BCUT2D eigenvalue weighted by Gasteiger charge is 2.68. The lowest BCUT2D eigenvalue weighted by molar-refractivity contribution is -0.297. The summed E-state index contributed by atoms with van der Waals surface area (Å²) < 4.78 is 155. The van der Waals surface area contributed by atoms with Crippen LogP contribution in [0.25, 0.3) is 0 Å². The maximum Gasteiger partial charge on any atom is 0.406 e. The Bertz CT molecular complexity index is 630. The Labute approximate surface area is 145 Å². The van der Waals surface area contributed by atoms with Crippen molar-refractivity contribution in [3.8, 4) is 0 Å². The molecule has 0 N–H and O–H groups in total. The molecule has 0 bridgehead atoms. The van der Waals surface area contributed by atoms with Crippen molar-refractivity contribution >= 4 is 0 Å². The van der Waals surface area contributed by atoms with Crippen molar-refractivity contribution in [2.45, 2.75) is 55.8 Å². The summed E-state index contributed by atoms with van der Waals surface area (Å²) in [6.07, 6.45) is -24.8. The Morgan fingerprint density at radius 1 is 0.556 bits per heavy atom. The number of rotatable bonds is 3. The summed E-state index contributed by atoms with van der Waals surface area (Å²) in [5, 5.41) is 0. The van der Waals surface area contributed by atoms with E-state index in [9.17, 15) is 52.7 Å². The second kappa shape index (κ2) is 6.47. The fourth-order valence-corrected chi connectivity index (χ4v) is 2.43. The zero-order chi connectivity index (χ0) is 21.7. The molecule has 12 heteroatoms. The molecule has 0 amide bonds. The van der Waals surface area contributed by atoms with E-state index in [1.54, 1.807) is 0 Å². The lowest BCUT2D eigenvalue weighted by Crippen LogP contribution is -2.51. The van der Waals surface area contributed by atoms with Crippen LogP contribution < -0.4 is 0 Å². The second-order valence-corrected chi connectivity index (χ2v) is 6.32. The van der Waals surface area contributed by atoms with Crippen molar-refractivity contribution in [3.05, 3.63) is 35.4 Å². The fraction of sp³-hybridized carbons (Fsp3) is 0.600. The van der Waals surface area contributed by atoms with Crippen molar-refractivity contribution in [1.82, 2.24) is 0 Å². The van der Waals surface area contributed by atoms with Gasteiger partial charge in [-0.25, -0.2) is 0 Å². The Balaban J connectivity index is 3.54. The van der Waals surface area contributed by atoms with Crippen molar-refractivity contribution in [2.75, 3.05) is 0 Å². The predicted octanol–water partition coefficient (Wildman–Crippen LogP) is 6.84. The minimum absolute atomic E-state index is 0.108. The normalized spacial score (nSPS) is 17.0. The van der Waals surface area contributed by atoms with Gasteiger partial charge < -0.3 is 0 Å². The van der Waals surface area contributed by atoms with Crippen LogP contribution in [0.4, 0.5) is 52.7 Å². The maximum atomic E-state index is 13.2. The summed E-state index contributed by atoms with van der Waals surface area (Å²) in [4.78, 5) is 0. The largest absolute Gasteiger partial charge is 0.406 e. The van der Waals surface area contributed by atoms with E-state index in [2.05, 4.69) is 0 Å². The molecule has 156 valence electrons. The van der Waals surface area contributed by atoms with E-state index < -0.39 is 53.1 Å². The van der Waals surface area contributed by atoms with Gasteiger partial charge in [-0.1, -0.05) is 24.3 Å². The SMILES string of the molecule is CC(CC(F)(F)F)(c1ccc(C(C)(C(F)(F)F)C(F)(F)F)cc1)C(F)(F)F. The zero-order valence-corrected chi connectivity index (χ0v) is 13.6. The molecule has 0 radical (unpaired) electrons. The Hall–Kier alpha value is -1.62. The van der Waals surface area contributed by atoms with Crippen molar-refractivity contribution in [2.24, 2.45) is 0 Å². The van der Waals surface area contributed by atoms with Crippen LogP contribution >= 0.6 is 0 Å². The summed E-state index contributed by atoms with van der Waals surface area (Å²) in [6.45, 7) is -0.0388. The average Bonchev–Trinajstić information content (AvgIpc) is 2.41. The molecule has 1 aromatic rings. The lowest BCUT2D eigenvalue weighted by atomic mass is 9.75. The molecule has 1 unspecified atom stereocenters. The standard InChI is InChI=1S/C15H12F12/c1-10(13(19,20)21,7-12(16,17)18)8-3-5-9(6-4-8)11(2,14(22,23)24)15(25,26)27/h3-6H,7H2,1-2H3. The first-order valence-corrected chi connectivity index (χ1v) is 7.05. The minimum atomic E-state index is -5.84. The molecule has 0 aromatic heterocycles. The first-order valence-electron chi connectivity index (χ1n) is 7.05. The van der Waals surface area contributed by atoms with Gasteiger partial charge in [0.05, 0.1) is 11.8 Å². The van der Waals surface area contributed by atoms with Gasteiger partial charge >= 0.3 is 24.7 Å². The van der Waals surface area contributed by atoms with Gasteiger partial charge in [0.2, 0.25) is 0 Å². The molecule has 0 saturated carbocycles. The van der Waals surface area contributed by atoms with Crippen LogP contribution in [0.15, 0.2) is 24.3 Å². The van der Waals surface area contributed by atoms with Crippen molar-refractivity contribution in [3.63, 3.8) is 0 Å². The Morgan fingerprint density at radius 3 is 1.15 bits per heavy atom. The second-order valence-electron chi connectivity index (χ2n) is 6.32. The van der Waals surface area contributed by atoms with Crippen LogP contribution in [-0.4, -0.2) is 24.7 Å². The van der Waals surface area contributed by atoms with Gasteiger partial charge in [-0.05, 0) is 25.0 Å². The number of hydrogen-bond acceptors (Lipinski definition) is 0. The predicted molar refractivity (Wildman–Crippen MR) is 70.0 cm³/mol. The van der Waals surface area contributed by atoms with Crippen molar-refractivity contribution in [1.29, 1.82) is 0 Å². The molecule has 0 nitrogen and oxygen atoms in total. The number of halogens is 12. The topological polar surface area (TPSA) is 0 Å². The van der Waals surface area contributed by atoms with E-state index in [0.717, 1.165) is 0 Å². The molecular weight excluding hydrogens is 408 g/mol. The van der Waals surface area contributed by atoms with Crippen LogP contribution in [0.3, 0.4) is 0 Å². The van der Waals surface area contributed by atoms with Gasteiger partial charge in [0.25, 0.3) is 0 Å². The summed E-state index contributed by atoms with van der Waals surface area (Å²) in [7, 11) is 0. The van der Waals surface area contributed by atoms with Gasteiger partial charge in [0.1, 0.15) is 0 Å². The molecule has 0 spiro atoms. The first kappa shape index (κ1) is 23.4. The third kappa shape index (κ3) is 4.29. The van der Waals surface area contributed by atoms with E-state index in [4.69, 9.17) is 0 Å². The van der Waals surface area contributed by atoms with Crippen LogP contribution in [-0.2, 0) is 10.8 Å². The molecule has 27 heavy (non-hydrogen) atoms. The van der Waals surface area contributed by atoms with E-state index >= 15 is 0 Å². The van der Waals surface area contributed by atoms with E-state index in [1.807, 2.05) is 0 Å².